The van der Waals surface area contributed by atoms with Crippen molar-refractivity contribution in [3.8, 4) is 5.75 Å². The molecule has 0 saturated carbocycles. The van der Waals surface area contributed by atoms with Crippen molar-refractivity contribution in [2.24, 2.45) is 0 Å². The number of aliphatic carboxylic acids is 1. The van der Waals surface area contributed by atoms with E-state index in [9.17, 15) is 14.7 Å². The average Bonchev–Trinajstić information content (AvgIpc) is 2.60. The molecule has 2 N–H and O–H groups in total. The van der Waals surface area contributed by atoms with Gasteiger partial charge in [-0.3, -0.25) is 4.79 Å². The van der Waals surface area contributed by atoms with Crippen LogP contribution in [0.4, 0.5) is 0 Å². The van der Waals surface area contributed by atoms with Crippen LogP contribution in [0, 0.1) is 0 Å². The molecule has 0 heterocycles. The van der Waals surface area contributed by atoms with E-state index in [1.807, 2.05) is 37.3 Å². The quantitative estimate of drug-likeness (QED) is 0.786. The van der Waals surface area contributed by atoms with E-state index in [0.717, 1.165) is 5.56 Å². The molecule has 0 fully saturated rings. The molecule has 2 aromatic carbocycles. The highest BCUT2D eigenvalue weighted by molar-refractivity contribution is 6.32. The number of carbonyl (C=O) groups excluding carboxylic acids is 1. The van der Waals surface area contributed by atoms with Crippen molar-refractivity contribution in [2.45, 2.75) is 25.3 Å². The summed E-state index contributed by atoms with van der Waals surface area (Å²) in [6, 6.07) is 13.1. The van der Waals surface area contributed by atoms with Crippen molar-refractivity contribution in [1.29, 1.82) is 0 Å². The third-order valence-corrected chi connectivity index (χ3v) is 4.22. The number of nitrogens with one attached hydrogen (secondary N) is 1. The maximum Gasteiger partial charge on any atom is 0.330 e. The Labute approximate surface area is 151 Å². The highest BCUT2D eigenvalue weighted by Crippen LogP contribution is 2.28. The molecule has 0 aromatic heterocycles. The summed E-state index contributed by atoms with van der Waals surface area (Å²) in [5.41, 5.74) is 1.41. The number of methoxy groups -OCH3 is 1. The van der Waals surface area contributed by atoms with Gasteiger partial charge in [0.1, 0.15) is 5.75 Å². The largest absolute Gasteiger partial charge is 0.495 e. The lowest BCUT2D eigenvalue weighted by Crippen LogP contribution is -2.34. The molecule has 0 radical (unpaired) electrons. The molecule has 0 aliphatic heterocycles. The Balaban J connectivity index is 2.10. The lowest BCUT2D eigenvalue weighted by Gasteiger charge is -2.18. The predicted octanol–water partition coefficient (Wildman–Crippen LogP) is 3.78. The van der Waals surface area contributed by atoms with Crippen LogP contribution >= 0.6 is 11.6 Å². The van der Waals surface area contributed by atoms with Crippen molar-refractivity contribution in [3.05, 3.63) is 64.7 Å². The van der Waals surface area contributed by atoms with Crippen LogP contribution in [0.15, 0.2) is 48.5 Å². The molecule has 2 atom stereocenters. The molecule has 2 aromatic rings. The maximum atomic E-state index is 12.3. The minimum atomic E-state index is -1.17. The zero-order valence-corrected chi connectivity index (χ0v) is 14.8. The van der Waals surface area contributed by atoms with Crippen LogP contribution < -0.4 is 10.1 Å². The Kier molecular flexibility index (Phi) is 6.42. The summed E-state index contributed by atoms with van der Waals surface area (Å²) in [4.78, 5) is 23.9. The van der Waals surface area contributed by atoms with Gasteiger partial charge in [0.15, 0.2) is 6.04 Å². The minimum absolute atomic E-state index is 0.0184. The van der Waals surface area contributed by atoms with E-state index in [-0.39, 0.29) is 23.3 Å². The number of carbonyl (C=O) groups is 2. The van der Waals surface area contributed by atoms with Gasteiger partial charge in [0.05, 0.1) is 12.1 Å². The Morgan fingerprint density at radius 2 is 1.84 bits per heavy atom. The second kappa shape index (κ2) is 8.53. The van der Waals surface area contributed by atoms with Gasteiger partial charge >= 0.3 is 5.97 Å². The Morgan fingerprint density at radius 1 is 1.16 bits per heavy atom. The lowest BCUT2D eigenvalue weighted by atomic mass is 9.97. The monoisotopic (exact) mass is 361 g/mol. The number of hydrogen-bond acceptors (Lipinski definition) is 3. The third kappa shape index (κ3) is 4.97. The van der Waals surface area contributed by atoms with Crippen molar-refractivity contribution in [1.82, 2.24) is 5.32 Å². The molecule has 2 unspecified atom stereocenters. The van der Waals surface area contributed by atoms with Crippen molar-refractivity contribution < 1.29 is 19.4 Å². The molecule has 1 amide bonds. The first-order valence-electron chi connectivity index (χ1n) is 7.83. The fourth-order valence-corrected chi connectivity index (χ4v) is 2.81. The van der Waals surface area contributed by atoms with E-state index in [2.05, 4.69) is 5.32 Å². The maximum absolute atomic E-state index is 12.3. The van der Waals surface area contributed by atoms with Gasteiger partial charge in [-0.05, 0) is 29.2 Å². The molecular formula is C19H20ClNO4. The summed E-state index contributed by atoms with van der Waals surface area (Å²) in [6.45, 7) is 1.93. The number of ether oxygens (including phenoxy) is 1. The molecule has 0 spiro atoms. The van der Waals surface area contributed by atoms with E-state index in [1.54, 1.807) is 12.1 Å². The number of rotatable bonds is 7. The number of carboxylic acids is 1. The number of benzene rings is 2. The second-order valence-electron chi connectivity index (χ2n) is 5.75. The second-order valence-corrected chi connectivity index (χ2v) is 6.16. The van der Waals surface area contributed by atoms with Gasteiger partial charge < -0.3 is 15.2 Å². The Bertz CT molecular complexity index is 748. The molecular weight excluding hydrogens is 342 g/mol. The van der Waals surface area contributed by atoms with Crippen molar-refractivity contribution in [2.75, 3.05) is 7.11 Å². The summed E-state index contributed by atoms with van der Waals surface area (Å²) in [5.74, 6) is -1.06. The van der Waals surface area contributed by atoms with E-state index >= 15 is 0 Å². The van der Waals surface area contributed by atoms with Gasteiger partial charge in [-0.1, -0.05) is 54.9 Å². The molecule has 0 bridgehead atoms. The highest BCUT2D eigenvalue weighted by atomic mass is 35.5. The van der Waals surface area contributed by atoms with Gasteiger partial charge in [0, 0.05) is 6.42 Å². The summed E-state index contributed by atoms with van der Waals surface area (Å²) in [5, 5.41) is 12.3. The van der Waals surface area contributed by atoms with Crippen LogP contribution in [0.2, 0.25) is 5.02 Å². The number of hydrogen-bond donors (Lipinski definition) is 2. The standard InChI is InChI=1S/C19H20ClNO4/c1-12(13-6-4-3-5-7-13)10-17(22)21-18(19(23)24)14-8-9-16(25-2)15(20)11-14/h3-9,11-12,18H,10H2,1-2H3,(H,21,22)(H,23,24). The first-order chi connectivity index (χ1) is 11.9. The molecule has 0 aliphatic rings. The number of halogens is 1. The molecule has 5 nitrogen and oxygen atoms in total. The normalized spacial score (nSPS) is 12.9. The van der Waals surface area contributed by atoms with E-state index in [1.165, 1.54) is 13.2 Å². The summed E-state index contributed by atoms with van der Waals surface area (Å²) in [7, 11) is 1.47. The van der Waals surface area contributed by atoms with Crippen LogP contribution in [0.1, 0.15) is 36.4 Å². The predicted molar refractivity (Wildman–Crippen MR) is 96.0 cm³/mol. The molecule has 0 saturated heterocycles. The number of amides is 1. The fraction of sp³-hybridized carbons (Fsp3) is 0.263. The number of carboxylic acid groups (broad SMARTS) is 1. The summed E-state index contributed by atoms with van der Waals surface area (Å²) >= 11 is 6.05. The Morgan fingerprint density at radius 3 is 2.40 bits per heavy atom. The van der Waals surface area contributed by atoms with Crippen molar-refractivity contribution in [3.63, 3.8) is 0 Å². The topological polar surface area (TPSA) is 75.6 Å². The van der Waals surface area contributed by atoms with Gasteiger partial charge in [0.25, 0.3) is 0 Å². The molecule has 2 rings (SSSR count). The first-order valence-corrected chi connectivity index (χ1v) is 8.20. The van der Waals surface area contributed by atoms with Crippen molar-refractivity contribution >= 4 is 23.5 Å². The molecule has 132 valence electrons. The van der Waals surface area contributed by atoms with Gasteiger partial charge in [-0.15, -0.1) is 0 Å². The zero-order chi connectivity index (χ0) is 18.4. The zero-order valence-electron chi connectivity index (χ0n) is 14.0. The summed E-state index contributed by atoms with van der Waals surface area (Å²) < 4.78 is 5.06. The Hall–Kier alpha value is -2.53. The molecule has 6 heteroatoms. The summed E-state index contributed by atoms with van der Waals surface area (Å²) in [6.07, 6.45) is 0.192. The lowest BCUT2D eigenvalue weighted by molar-refractivity contribution is -0.142. The average molecular weight is 362 g/mol. The molecule has 0 aliphatic carbocycles. The minimum Gasteiger partial charge on any atom is -0.495 e. The van der Waals surface area contributed by atoms with Gasteiger partial charge in [0.2, 0.25) is 5.91 Å². The first kappa shape index (κ1) is 18.8. The fourth-order valence-electron chi connectivity index (χ4n) is 2.55. The van der Waals surface area contributed by atoms with E-state index in [0.29, 0.717) is 11.3 Å². The smallest absolute Gasteiger partial charge is 0.330 e. The van der Waals surface area contributed by atoms with Crippen LogP contribution in [-0.4, -0.2) is 24.1 Å². The van der Waals surface area contributed by atoms with Crippen LogP contribution in [0.3, 0.4) is 0 Å². The van der Waals surface area contributed by atoms with E-state index in [4.69, 9.17) is 16.3 Å². The van der Waals surface area contributed by atoms with Gasteiger partial charge in [-0.25, -0.2) is 4.79 Å². The van der Waals surface area contributed by atoms with E-state index < -0.39 is 12.0 Å². The van der Waals surface area contributed by atoms with Gasteiger partial charge in [-0.2, -0.15) is 0 Å². The molecule has 25 heavy (non-hydrogen) atoms. The third-order valence-electron chi connectivity index (χ3n) is 3.92. The van der Waals surface area contributed by atoms with Crippen LogP contribution in [0.25, 0.3) is 0 Å². The van der Waals surface area contributed by atoms with Crippen LogP contribution in [0.5, 0.6) is 5.75 Å². The SMILES string of the molecule is COc1ccc(C(NC(=O)CC(C)c2ccccc2)C(=O)O)cc1Cl. The highest BCUT2D eigenvalue weighted by Gasteiger charge is 2.24. The van der Waals surface area contributed by atoms with Crippen LogP contribution in [-0.2, 0) is 9.59 Å².